The molecule has 266 valence electrons. The lowest BCUT2D eigenvalue weighted by molar-refractivity contribution is 1.07. The predicted molar refractivity (Wildman–Crippen MR) is 238 cm³/mol. The highest BCUT2D eigenvalue weighted by atomic mass is 32.1. The zero-order valence-corrected chi connectivity index (χ0v) is 31.4. The Labute approximate surface area is 331 Å². The monoisotopic (exact) mass is 745 g/mol. The van der Waals surface area contributed by atoms with Crippen LogP contribution in [-0.4, -0.2) is 24.1 Å². The van der Waals surface area contributed by atoms with E-state index in [0.717, 1.165) is 33.6 Å². The molecule has 4 aromatic heterocycles. The van der Waals surface area contributed by atoms with Crippen molar-refractivity contribution < 1.29 is 0 Å². The maximum atomic E-state index is 5.08. The van der Waals surface area contributed by atoms with Gasteiger partial charge in [0.1, 0.15) is 0 Å². The van der Waals surface area contributed by atoms with Crippen molar-refractivity contribution in [2.24, 2.45) is 0 Å². The van der Waals surface area contributed by atoms with Crippen LogP contribution in [0.1, 0.15) is 0 Å². The molecule has 0 saturated heterocycles. The number of hydrogen-bond acceptors (Lipinski definition) is 4. The Balaban J connectivity index is 1.10. The highest BCUT2D eigenvalue weighted by Crippen LogP contribution is 2.44. The minimum absolute atomic E-state index is 0.638. The number of thiophene rings is 1. The summed E-state index contributed by atoms with van der Waals surface area (Å²) in [6.45, 7) is 0. The summed E-state index contributed by atoms with van der Waals surface area (Å²) in [5.41, 5.74) is 9.84. The first-order chi connectivity index (χ1) is 28.3. The molecular formula is C51H31N5S. The standard InChI is InChI=1S/C51H31N5S/c1-4-14-32(15-5-1)49-52-50(33-16-6-2-7-17-33)54-51(53-49)34-24-26-39-41-28-29-42-40-27-25-36(55-43-22-12-10-20-37(43)38-21-11-13-23-44(38)55)31-46(40)57-48(42)47(41)56(45(39)30-34)35-18-8-3-9-19-35/h1-31H. The van der Waals surface area contributed by atoms with Crippen LogP contribution in [-0.2, 0) is 0 Å². The van der Waals surface area contributed by atoms with Gasteiger partial charge in [0.2, 0.25) is 0 Å². The summed E-state index contributed by atoms with van der Waals surface area (Å²) in [5.74, 6) is 1.94. The number of hydrogen-bond donors (Lipinski definition) is 0. The lowest BCUT2D eigenvalue weighted by Crippen LogP contribution is -2.00. The van der Waals surface area contributed by atoms with Gasteiger partial charge in [0.25, 0.3) is 0 Å². The second-order valence-corrected chi connectivity index (χ2v) is 15.5. The molecule has 0 aliphatic heterocycles. The van der Waals surface area contributed by atoms with Crippen molar-refractivity contribution in [2.45, 2.75) is 0 Å². The molecule has 0 unspecified atom stereocenters. The topological polar surface area (TPSA) is 48.5 Å². The molecule has 6 heteroatoms. The normalized spacial score (nSPS) is 11.9. The van der Waals surface area contributed by atoms with E-state index in [4.69, 9.17) is 15.0 Å². The Morgan fingerprint density at radius 2 is 0.842 bits per heavy atom. The van der Waals surface area contributed by atoms with E-state index in [1.54, 1.807) is 0 Å². The molecule has 0 aliphatic carbocycles. The van der Waals surface area contributed by atoms with E-state index in [0.29, 0.717) is 17.5 Å². The summed E-state index contributed by atoms with van der Waals surface area (Å²) < 4.78 is 7.35. The summed E-state index contributed by atoms with van der Waals surface area (Å²) in [7, 11) is 0. The SMILES string of the molecule is c1ccc(-c2nc(-c3ccccc3)nc(-c3ccc4c5ccc6c7ccc(-n8c9ccccc9c9ccccc98)cc7sc6c5n(-c5ccccc5)c4c3)n2)cc1. The Morgan fingerprint density at radius 3 is 1.49 bits per heavy atom. The molecule has 0 saturated carbocycles. The third-order valence-corrected chi connectivity index (χ3v) is 12.3. The molecule has 5 nitrogen and oxygen atoms in total. The molecule has 0 N–H and O–H groups in total. The van der Waals surface area contributed by atoms with Crippen molar-refractivity contribution in [3.8, 4) is 45.5 Å². The van der Waals surface area contributed by atoms with Gasteiger partial charge in [-0.2, -0.15) is 0 Å². The van der Waals surface area contributed by atoms with Gasteiger partial charge in [-0.25, -0.2) is 15.0 Å². The Bertz CT molecular complexity index is 3400. The third-order valence-electron chi connectivity index (χ3n) is 11.2. The van der Waals surface area contributed by atoms with Crippen LogP contribution in [0.3, 0.4) is 0 Å². The van der Waals surface area contributed by atoms with Gasteiger partial charge in [-0.15, -0.1) is 11.3 Å². The summed E-state index contributed by atoms with van der Waals surface area (Å²) >= 11 is 1.87. The van der Waals surface area contributed by atoms with E-state index in [1.165, 1.54) is 58.3 Å². The van der Waals surface area contributed by atoms with Gasteiger partial charge in [0.05, 0.1) is 26.8 Å². The minimum Gasteiger partial charge on any atom is -0.309 e. The van der Waals surface area contributed by atoms with Crippen molar-refractivity contribution >= 4 is 75.1 Å². The molecule has 0 spiro atoms. The number of benzene rings is 8. The molecule has 57 heavy (non-hydrogen) atoms. The summed E-state index contributed by atoms with van der Waals surface area (Å²) in [4.78, 5) is 15.1. The quantitative estimate of drug-likeness (QED) is 0.176. The van der Waals surface area contributed by atoms with Crippen LogP contribution in [0.25, 0.3) is 109 Å². The van der Waals surface area contributed by atoms with Crippen molar-refractivity contribution in [1.82, 2.24) is 24.1 Å². The van der Waals surface area contributed by atoms with E-state index in [-0.39, 0.29) is 0 Å². The third kappa shape index (κ3) is 4.98. The fourth-order valence-corrected chi connectivity index (χ4v) is 9.85. The van der Waals surface area contributed by atoms with Crippen molar-refractivity contribution in [3.63, 3.8) is 0 Å². The zero-order valence-electron chi connectivity index (χ0n) is 30.5. The van der Waals surface area contributed by atoms with Crippen LogP contribution in [0.2, 0.25) is 0 Å². The van der Waals surface area contributed by atoms with Crippen molar-refractivity contribution in [1.29, 1.82) is 0 Å². The predicted octanol–water partition coefficient (Wildman–Crippen LogP) is 13.4. The van der Waals surface area contributed by atoms with Gasteiger partial charge in [0, 0.05) is 65.1 Å². The number of para-hydroxylation sites is 3. The van der Waals surface area contributed by atoms with Gasteiger partial charge in [-0.3, -0.25) is 0 Å². The minimum atomic E-state index is 0.638. The van der Waals surface area contributed by atoms with Gasteiger partial charge in [-0.1, -0.05) is 146 Å². The molecule has 12 aromatic rings. The first-order valence-electron chi connectivity index (χ1n) is 19.1. The Morgan fingerprint density at radius 1 is 0.333 bits per heavy atom. The number of nitrogens with zero attached hydrogens (tertiary/aromatic N) is 5. The fraction of sp³-hybridized carbons (Fsp3) is 0. The van der Waals surface area contributed by atoms with Crippen molar-refractivity contribution in [3.05, 3.63) is 188 Å². The van der Waals surface area contributed by atoms with Crippen LogP contribution >= 0.6 is 11.3 Å². The van der Waals surface area contributed by atoms with E-state index in [1.807, 2.05) is 72.0 Å². The highest BCUT2D eigenvalue weighted by molar-refractivity contribution is 7.26. The van der Waals surface area contributed by atoms with E-state index in [9.17, 15) is 0 Å². The van der Waals surface area contributed by atoms with Crippen molar-refractivity contribution in [2.75, 3.05) is 0 Å². The van der Waals surface area contributed by atoms with Gasteiger partial charge in [0.15, 0.2) is 17.5 Å². The zero-order chi connectivity index (χ0) is 37.5. The smallest absolute Gasteiger partial charge is 0.164 e. The average molecular weight is 746 g/mol. The number of aromatic nitrogens is 5. The van der Waals surface area contributed by atoms with E-state index in [2.05, 4.69) is 137 Å². The maximum Gasteiger partial charge on any atom is 0.164 e. The molecule has 0 atom stereocenters. The molecular weight excluding hydrogens is 715 g/mol. The molecule has 0 amide bonds. The summed E-state index contributed by atoms with van der Waals surface area (Å²) in [6, 6.07) is 66.6. The van der Waals surface area contributed by atoms with E-state index < -0.39 is 0 Å². The number of rotatable bonds is 5. The Kier molecular flexibility index (Phi) is 7.03. The van der Waals surface area contributed by atoms with Gasteiger partial charge >= 0.3 is 0 Å². The molecule has 12 rings (SSSR count). The molecule has 0 bridgehead atoms. The van der Waals surface area contributed by atoms with Crippen LogP contribution in [0.5, 0.6) is 0 Å². The maximum absolute atomic E-state index is 5.08. The molecule has 0 radical (unpaired) electrons. The highest BCUT2D eigenvalue weighted by Gasteiger charge is 2.21. The average Bonchev–Trinajstić information content (AvgIpc) is 3.94. The first kappa shape index (κ1) is 31.9. The molecule has 8 aromatic carbocycles. The molecule has 0 fully saturated rings. The molecule has 4 heterocycles. The number of fused-ring (bicyclic) bond motifs is 10. The van der Waals surface area contributed by atoms with Gasteiger partial charge < -0.3 is 9.13 Å². The van der Waals surface area contributed by atoms with Crippen LogP contribution in [0.15, 0.2) is 188 Å². The largest absolute Gasteiger partial charge is 0.309 e. The summed E-state index contributed by atoms with van der Waals surface area (Å²) in [6.07, 6.45) is 0. The lowest BCUT2D eigenvalue weighted by atomic mass is 10.1. The van der Waals surface area contributed by atoms with Crippen LogP contribution in [0, 0.1) is 0 Å². The van der Waals surface area contributed by atoms with E-state index >= 15 is 0 Å². The fourth-order valence-electron chi connectivity index (χ4n) is 8.58. The first-order valence-corrected chi connectivity index (χ1v) is 19.9. The molecule has 0 aliphatic rings. The van der Waals surface area contributed by atoms with Crippen LogP contribution in [0.4, 0.5) is 0 Å². The Hall–Kier alpha value is -7.41. The second kappa shape index (κ2) is 12.6. The lowest BCUT2D eigenvalue weighted by Gasteiger charge is -2.10. The second-order valence-electron chi connectivity index (χ2n) is 14.4. The summed E-state index contributed by atoms with van der Waals surface area (Å²) in [5, 5.41) is 7.45. The van der Waals surface area contributed by atoms with Crippen LogP contribution < -0.4 is 0 Å². The van der Waals surface area contributed by atoms with Gasteiger partial charge in [-0.05, 0) is 42.5 Å².